The molecule has 0 unspecified atom stereocenters. The van der Waals surface area contributed by atoms with E-state index < -0.39 is 11.7 Å². The first-order valence-electron chi connectivity index (χ1n) is 7.91. The molecule has 25 heavy (non-hydrogen) atoms. The van der Waals surface area contributed by atoms with Crippen molar-refractivity contribution in [3.63, 3.8) is 0 Å². The van der Waals surface area contributed by atoms with E-state index in [-0.39, 0.29) is 17.0 Å². The van der Waals surface area contributed by atoms with E-state index in [4.69, 9.17) is 21.1 Å². The highest BCUT2D eigenvalue weighted by Crippen LogP contribution is 2.36. The van der Waals surface area contributed by atoms with E-state index in [0.29, 0.717) is 17.7 Å². The van der Waals surface area contributed by atoms with E-state index >= 15 is 0 Å². The zero-order valence-corrected chi connectivity index (χ0v) is 14.9. The Hall–Kier alpha value is -1.95. The Morgan fingerprint density at radius 2 is 1.92 bits per heavy atom. The lowest BCUT2D eigenvalue weighted by molar-refractivity contribution is -0.137. The Balaban J connectivity index is 2.34. The molecule has 1 aromatic carbocycles. The van der Waals surface area contributed by atoms with Crippen LogP contribution in [0, 0.1) is 0 Å². The molecular weight excluding hydrogens is 355 g/mol. The molecule has 2 aromatic rings. The summed E-state index contributed by atoms with van der Waals surface area (Å²) in [6.45, 7) is 5.81. The molecule has 0 aliphatic heterocycles. The van der Waals surface area contributed by atoms with Gasteiger partial charge < -0.3 is 9.47 Å². The first kappa shape index (κ1) is 19.4. The molecule has 0 saturated heterocycles. The molecule has 0 saturated carbocycles. The smallest absolute Gasteiger partial charge is 0.417 e. The molecule has 3 nitrogen and oxygen atoms in total. The second kappa shape index (κ2) is 7.95. The number of hydrogen-bond donors (Lipinski definition) is 0. The van der Waals surface area contributed by atoms with Gasteiger partial charge in [0.15, 0.2) is 0 Å². The molecule has 0 bridgehead atoms. The van der Waals surface area contributed by atoms with E-state index in [1.165, 1.54) is 0 Å². The molecule has 1 heterocycles. The molecule has 0 fully saturated rings. The minimum absolute atomic E-state index is 0.0161. The summed E-state index contributed by atoms with van der Waals surface area (Å²) in [7, 11) is 0. The van der Waals surface area contributed by atoms with Crippen LogP contribution in [0.25, 0.3) is 0 Å². The van der Waals surface area contributed by atoms with Crippen LogP contribution in [0.2, 0.25) is 5.02 Å². The summed E-state index contributed by atoms with van der Waals surface area (Å²) in [4.78, 5) is 3.72. The molecular formula is C18H19ClF3NO2. The van der Waals surface area contributed by atoms with Gasteiger partial charge in [-0.25, -0.2) is 4.98 Å². The summed E-state index contributed by atoms with van der Waals surface area (Å²) in [5.41, 5.74) is -0.0214. The lowest BCUT2D eigenvalue weighted by Gasteiger charge is -2.15. The summed E-state index contributed by atoms with van der Waals surface area (Å²) in [5, 5.41) is -0.201. The first-order chi connectivity index (χ1) is 11.7. The van der Waals surface area contributed by atoms with Gasteiger partial charge in [0.2, 0.25) is 5.88 Å². The number of aryl methyl sites for hydroxylation is 1. The quantitative estimate of drug-likeness (QED) is 0.596. The van der Waals surface area contributed by atoms with E-state index in [1.807, 2.05) is 32.9 Å². The molecule has 136 valence electrons. The SMILES string of the molecule is CCCc1ccc(OC(C)C)cc1Oc1ncc(C(F)(F)F)cc1Cl. The Bertz CT molecular complexity index is 733. The number of halogens is 4. The van der Waals surface area contributed by atoms with Gasteiger partial charge in [0.25, 0.3) is 0 Å². The van der Waals surface area contributed by atoms with Crippen LogP contribution in [0.1, 0.15) is 38.3 Å². The van der Waals surface area contributed by atoms with E-state index in [0.717, 1.165) is 24.5 Å². The van der Waals surface area contributed by atoms with Crippen molar-refractivity contribution in [1.29, 1.82) is 0 Å². The van der Waals surface area contributed by atoms with Gasteiger partial charge >= 0.3 is 6.18 Å². The van der Waals surface area contributed by atoms with E-state index in [1.54, 1.807) is 6.07 Å². The van der Waals surface area contributed by atoms with Gasteiger partial charge in [0, 0.05) is 12.3 Å². The second-order valence-electron chi connectivity index (χ2n) is 5.80. The third kappa shape index (κ3) is 5.26. The van der Waals surface area contributed by atoms with Crippen molar-refractivity contribution in [2.75, 3.05) is 0 Å². The summed E-state index contributed by atoms with van der Waals surface area (Å²) < 4.78 is 49.5. The predicted octanol–water partition coefficient (Wildman–Crippen LogP) is 6.29. The molecule has 0 atom stereocenters. The van der Waals surface area contributed by atoms with Crippen molar-refractivity contribution in [3.05, 3.63) is 46.6 Å². The number of benzene rings is 1. The summed E-state index contributed by atoms with van der Waals surface area (Å²) in [5.74, 6) is 0.996. The predicted molar refractivity (Wildman–Crippen MR) is 90.5 cm³/mol. The maximum absolute atomic E-state index is 12.7. The van der Waals surface area contributed by atoms with E-state index in [2.05, 4.69) is 4.98 Å². The van der Waals surface area contributed by atoms with E-state index in [9.17, 15) is 13.2 Å². The molecule has 0 spiro atoms. The number of nitrogens with zero attached hydrogens (tertiary/aromatic N) is 1. The van der Waals surface area contributed by atoms with Crippen molar-refractivity contribution < 1.29 is 22.6 Å². The van der Waals surface area contributed by atoms with Gasteiger partial charge in [-0.05, 0) is 38.0 Å². The Kier molecular flexibility index (Phi) is 6.16. The molecule has 7 heteroatoms. The van der Waals surface area contributed by atoms with Crippen molar-refractivity contribution in [2.24, 2.45) is 0 Å². The fourth-order valence-electron chi connectivity index (χ4n) is 2.21. The molecule has 0 aliphatic rings. The number of hydrogen-bond acceptors (Lipinski definition) is 3. The van der Waals surface area contributed by atoms with Crippen LogP contribution in [0.3, 0.4) is 0 Å². The number of pyridine rings is 1. The normalized spacial score (nSPS) is 11.7. The maximum Gasteiger partial charge on any atom is 0.417 e. The van der Waals surface area contributed by atoms with Crippen LogP contribution in [-0.4, -0.2) is 11.1 Å². The van der Waals surface area contributed by atoms with Crippen LogP contribution in [-0.2, 0) is 12.6 Å². The first-order valence-corrected chi connectivity index (χ1v) is 8.28. The monoisotopic (exact) mass is 373 g/mol. The third-order valence-corrected chi connectivity index (χ3v) is 3.54. The molecule has 2 rings (SSSR count). The average molecular weight is 374 g/mol. The number of aromatic nitrogens is 1. The zero-order chi connectivity index (χ0) is 18.6. The third-order valence-electron chi connectivity index (χ3n) is 3.27. The second-order valence-corrected chi connectivity index (χ2v) is 6.20. The Labute approximate surface area is 149 Å². The van der Waals surface area contributed by atoms with Crippen LogP contribution in [0.4, 0.5) is 13.2 Å². The fraction of sp³-hybridized carbons (Fsp3) is 0.389. The summed E-state index contributed by atoms with van der Waals surface area (Å²) in [6.07, 6.45) is -2.19. The van der Waals surface area contributed by atoms with Crippen molar-refractivity contribution in [3.8, 4) is 17.4 Å². The number of ether oxygens (including phenoxy) is 2. The zero-order valence-electron chi connectivity index (χ0n) is 14.2. The molecule has 0 radical (unpaired) electrons. The van der Waals surface area contributed by atoms with Crippen molar-refractivity contribution >= 4 is 11.6 Å². The lowest BCUT2D eigenvalue weighted by atomic mass is 10.1. The van der Waals surface area contributed by atoms with Crippen LogP contribution < -0.4 is 9.47 Å². The average Bonchev–Trinajstić information content (AvgIpc) is 2.50. The van der Waals surface area contributed by atoms with Crippen molar-refractivity contribution in [2.45, 2.75) is 45.9 Å². The van der Waals surface area contributed by atoms with Gasteiger partial charge in [0.1, 0.15) is 16.5 Å². The maximum atomic E-state index is 12.7. The van der Waals surface area contributed by atoms with Gasteiger partial charge in [-0.1, -0.05) is 31.0 Å². The summed E-state index contributed by atoms with van der Waals surface area (Å²) >= 11 is 5.92. The van der Waals surface area contributed by atoms with Gasteiger partial charge in [-0.15, -0.1) is 0 Å². The largest absolute Gasteiger partial charge is 0.491 e. The Morgan fingerprint density at radius 1 is 1.20 bits per heavy atom. The van der Waals surface area contributed by atoms with Crippen molar-refractivity contribution in [1.82, 2.24) is 4.98 Å². The molecule has 0 aliphatic carbocycles. The summed E-state index contributed by atoms with van der Waals surface area (Å²) in [6, 6.07) is 6.20. The highest BCUT2D eigenvalue weighted by molar-refractivity contribution is 6.31. The van der Waals surface area contributed by atoms with Gasteiger partial charge in [-0.2, -0.15) is 13.2 Å². The Morgan fingerprint density at radius 3 is 2.48 bits per heavy atom. The molecule has 0 amide bonds. The lowest BCUT2D eigenvalue weighted by Crippen LogP contribution is -2.07. The number of alkyl halides is 3. The minimum atomic E-state index is -4.51. The fourth-order valence-corrected chi connectivity index (χ4v) is 2.42. The highest BCUT2D eigenvalue weighted by atomic mass is 35.5. The number of rotatable bonds is 6. The van der Waals surface area contributed by atoms with Crippen LogP contribution >= 0.6 is 11.6 Å². The van der Waals surface area contributed by atoms with Crippen LogP contribution in [0.15, 0.2) is 30.5 Å². The molecule has 0 N–H and O–H groups in total. The van der Waals surface area contributed by atoms with Crippen LogP contribution in [0.5, 0.6) is 17.4 Å². The van der Waals surface area contributed by atoms with Gasteiger partial charge in [-0.3, -0.25) is 0 Å². The standard InChI is InChI=1S/C18H19ClF3NO2/c1-4-5-12-6-7-14(24-11(2)3)9-16(12)25-17-15(19)8-13(10-23-17)18(20,21)22/h6-11H,4-5H2,1-3H3. The topological polar surface area (TPSA) is 31.4 Å². The minimum Gasteiger partial charge on any atom is -0.491 e. The highest BCUT2D eigenvalue weighted by Gasteiger charge is 2.31. The molecule has 1 aromatic heterocycles. The van der Waals surface area contributed by atoms with Gasteiger partial charge in [0.05, 0.1) is 11.7 Å².